The van der Waals surface area contributed by atoms with Crippen molar-refractivity contribution >= 4 is 17.5 Å². The number of ether oxygens (including phenoxy) is 1. The number of ketones is 1. The van der Waals surface area contributed by atoms with Gasteiger partial charge in [-0.15, -0.1) is 11.8 Å². The molecule has 98 valence electrons. The average molecular weight is 272 g/mol. The van der Waals surface area contributed by atoms with Crippen molar-refractivity contribution in [3.63, 3.8) is 0 Å². The minimum atomic E-state index is -0.0000463. The first kappa shape index (κ1) is 13.7. The molecule has 2 aromatic rings. The van der Waals surface area contributed by atoms with Gasteiger partial charge in [-0.05, 0) is 37.4 Å². The molecule has 0 radical (unpaired) electrons. The van der Waals surface area contributed by atoms with Crippen LogP contribution in [0.1, 0.15) is 22.8 Å². The lowest BCUT2D eigenvalue weighted by atomic mass is 10.0. The molecule has 0 aliphatic heterocycles. The topological polar surface area (TPSA) is 26.3 Å². The molecular formula is C16H16O2S. The van der Waals surface area contributed by atoms with E-state index < -0.39 is 0 Å². The highest BCUT2D eigenvalue weighted by Crippen LogP contribution is 2.23. The third kappa shape index (κ3) is 3.18. The van der Waals surface area contributed by atoms with Crippen LogP contribution < -0.4 is 4.74 Å². The van der Waals surface area contributed by atoms with Gasteiger partial charge in [0.15, 0.2) is 5.78 Å². The Morgan fingerprint density at radius 3 is 2.68 bits per heavy atom. The summed E-state index contributed by atoms with van der Waals surface area (Å²) in [6.07, 6.45) is 2.00. The van der Waals surface area contributed by atoms with E-state index in [0.717, 1.165) is 4.90 Å². The molecule has 0 aromatic heterocycles. The SMILES string of the molecule is CCOc1ccccc1C(=O)c1cccc(SC)c1. The van der Waals surface area contributed by atoms with Crippen molar-refractivity contribution < 1.29 is 9.53 Å². The summed E-state index contributed by atoms with van der Waals surface area (Å²) >= 11 is 1.63. The van der Waals surface area contributed by atoms with Crippen molar-refractivity contribution in [3.8, 4) is 5.75 Å². The minimum absolute atomic E-state index is 0.0000463. The molecule has 0 fully saturated rings. The van der Waals surface area contributed by atoms with Gasteiger partial charge in [-0.1, -0.05) is 24.3 Å². The second kappa shape index (κ2) is 6.43. The quantitative estimate of drug-likeness (QED) is 0.607. The lowest BCUT2D eigenvalue weighted by molar-refractivity contribution is 0.103. The van der Waals surface area contributed by atoms with Crippen LogP contribution in [0.15, 0.2) is 53.4 Å². The van der Waals surface area contributed by atoms with Crippen LogP contribution in [-0.4, -0.2) is 18.6 Å². The number of benzene rings is 2. The zero-order chi connectivity index (χ0) is 13.7. The van der Waals surface area contributed by atoms with E-state index in [9.17, 15) is 4.79 Å². The molecule has 3 heteroatoms. The molecule has 0 unspecified atom stereocenters. The lowest BCUT2D eigenvalue weighted by Crippen LogP contribution is -2.05. The van der Waals surface area contributed by atoms with Crippen molar-refractivity contribution in [3.05, 3.63) is 59.7 Å². The second-order valence-corrected chi connectivity index (χ2v) is 4.87. The molecule has 0 heterocycles. The molecule has 2 aromatic carbocycles. The van der Waals surface area contributed by atoms with E-state index in [1.807, 2.05) is 55.6 Å². The summed E-state index contributed by atoms with van der Waals surface area (Å²) in [6.45, 7) is 2.46. The normalized spacial score (nSPS) is 10.2. The van der Waals surface area contributed by atoms with Crippen molar-refractivity contribution in [2.45, 2.75) is 11.8 Å². The van der Waals surface area contributed by atoms with E-state index in [-0.39, 0.29) is 5.78 Å². The van der Waals surface area contributed by atoms with Crippen molar-refractivity contribution in [1.29, 1.82) is 0 Å². The lowest BCUT2D eigenvalue weighted by Gasteiger charge is -2.09. The molecule has 2 rings (SSSR count). The summed E-state index contributed by atoms with van der Waals surface area (Å²) in [7, 11) is 0. The number of thioether (sulfide) groups is 1. The van der Waals surface area contributed by atoms with Crippen LogP contribution in [0.3, 0.4) is 0 Å². The predicted octanol–water partition coefficient (Wildman–Crippen LogP) is 4.04. The van der Waals surface area contributed by atoms with Crippen molar-refractivity contribution in [1.82, 2.24) is 0 Å². The van der Waals surface area contributed by atoms with Crippen LogP contribution in [0, 0.1) is 0 Å². The molecule has 0 aliphatic carbocycles. The zero-order valence-electron chi connectivity index (χ0n) is 11.1. The van der Waals surface area contributed by atoms with Gasteiger partial charge in [0.2, 0.25) is 0 Å². The second-order valence-electron chi connectivity index (χ2n) is 3.99. The summed E-state index contributed by atoms with van der Waals surface area (Å²) in [5, 5.41) is 0. The molecule has 0 bridgehead atoms. The number of para-hydroxylation sites is 1. The fourth-order valence-corrected chi connectivity index (χ4v) is 2.31. The number of carbonyl (C=O) groups is 1. The highest BCUT2D eigenvalue weighted by atomic mass is 32.2. The van der Waals surface area contributed by atoms with E-state index in [2.05, 4.69) is 0 Å². The Kier molecular flexibility index (Phi) is 4.63. The fraction of sp³-hybridized carbons (Fsp3) is 0.188. The monoisotopic (exact) mass is 272 g/mol. The van der Waals surface area contributed by atoms with E-state index in [1.165, 1.54) is 0 Å². The molecular weight excluding hydrogens is 256 g/mol. The Morgan fingerprint density at radius 1 is 1.16 bits per heavy atom. The van der Waals surface area contributed by atoms with Gasteiger partial charge < -0.3 is 4.74 Å². The molecule has 2 nitrogen and oxygen atoms in total. The van der Waals surface area contributed by atoms with Gasteiger partial charge in [0.1, 0.15) is 5.75 Å². The maximum atomic E-state index is 12.5. The maximum absolute atomic E-state index is 12.5. The van der Waals surface area contributed by atoms with Crippen LogP contribution in [0.25, 0.3) is 0 Å². The Hall–Kier alpha value is -1.74. The van der Waals surface area contributed by atoms with E-state index in [0.29, 0.717) is 23.5 Å². The molecule has 0 atom stereocenters. The van der Waals surface area contributed by atoms with Gasteiger partial charge in [-0.25, -0.2) is 0 Å². The van der Waals surface area contributed by atoms with Crippen LogP contribution in [0.5, 0.6) is 5.75 Å². The first-order chi connectivity index (χ1) is 9.26. The van der Waals surface area contributed by atoms with Crippen LogP contribution >= 0.6 is 11.8 Å². The average Bonchev–Trinajstić information content (AvgIpc) is 2.47. The Labute approximate surface area is 117 Å². The van der Waals surface area contributed by atoms with Gasteiger partial charge in [-0.2, -0.15) is 0 Å². The van der Waals surface area contributed by atoms with E-state index in [1.54, 1.807) is 17.8 Å². The first-order valence-electron chi connectivity index (χ1n) is 6.17. The third-order valence-electron chi connectivity index (χ3n) is 2.76. The fourth-order valence-electron chi connectivity index (χ4n) is 1.86. The predicted molar refractivity (Wildman–Crippen MR) is 79.3 cm³/mol. The number of hydrogen-bond donors (Lipinski definition) is 0. The van der Waals surface area contributed by atoms with Crippen LogP contribution in [0.4, 0.5) is 0 Å². The minimum Gasteiger partial charge on any atom is -0.493 e. The first-order valence-corrected chi connectivity index (χ1v) is 7.39. The van der Waals surface area contributed by atoms with Crippen LogP contribution in [0.2, 0.25) is 0 Å². The standard InChI is InChI=1S/C16H16O2S/c1-3-18-15-10-5-4-9-14(15)16(17)12-7-6-8-13(11-12)19-2/h4-11H,3H2,1-2H3. The Morgan fingerprint density at radius 2 is 1.95 bits per heavy atom. The summed E-state index contributed by atoms with van der Waals surface area (Å²) in [5.74, 6) is 0.643. The molecule has 0 aliphatic rings. The Balaban J connectivity index is 2.38. The molecule has 0 N–H and O–H groups in total. The summed E-state index contributed by atoms with van der Waals surface area (Å²) in [6, 6.07) is 15.0. The number of carbonyl (C=O) groups excluding carboxylic acids is 1. The summed E-state index contributed by atoms with van der Waals surface area (Å²) < 4.78 is 5.51. The molecule has 19 heavy (non-hydrogen) atoms. The molecule has 0 spiro atoms. The highest BCUT2D eigenvalue weighted by molar-refractivity contribution is 7.98. The van der Waals surface area contributed by atoms with E-state index >= 15 is 0 Å². The largest absolute Gasteiger partial charge is 0.493 e. The van der Waals surface area contributed by atoms with Crippen LogP contribution in [-0.2, 0) is 0 Å². The summed E-state index contributed by atoms with van der Waals surface area (Å²) in [4.78, 5) is 13.6. The number of rotatable bonds is 5. The van der Waals surface area contributed by atoms with Crippen molar-refractivity contribution in [2.24, 2.45) is 0 Å². The molecule has 0 saturated carbocycles. The molecule has 0 amide bonds. The van der Waals surface area contributed by atoms with Gasteiger partial charge in [0.05, 0.1) is 12.2 Å². The molecule has 0 saturated heterocycles. The van der Waals surface area contributed by atoms with Gasteiger partial charge in [0.25, 0.3) is 0 Å². The zero-order valence-corrected chi connectivity index (χ0v) is 11.9. The van der Waals surface area contributed by atoms with Crippen molar-refractivity contribution in [2.75, 3.05) is 12.9 Å². The van der Waals surface area contributed by atoms with Gasteiger partial charge in [-0.3, -0.25) is 4.79 Å². The third-order valence-corrected chi connectivity index (χ3v) is 3.49. The van der Waals surface area contributed by atoms with Gasteiger partial charge in [0, 0.05) is 10.5 Å². The smallest absolute Gasteiger partial charge is 0.196 e. The highest BCUT2D eigenvalue weighted by Gasteiger charge is 2.14. The van der Waals surface area contributed by atoms with Gasteiger partial charge >= 0.3 is 0 Å². The number of hydrogen-bond acceptors (Lipinski definition) is 3. The Bertz CT molecular complexity index is 578. The summed E-state index contributed by atoms with van der Waals surface area (Å²) in [5.41, 5.74) is 1.31. The van der Waals surface area contributed by atoms with E-state index in [4.69, 9.17) is 4.74 Å². The maximum Gasteiger partial charge on any atom is 0.196 e.